The predicted molar refractivity (Wildman–Crippen MR) is 108 cm³/mol. The van der Waals surface area contributed by atoms with E-state index in [1.165, 1.54) is 29.2 Å². The highest BCUT2D eigenvalue weighted by molar-refractivity contribution is 6.10. The van der Waals surface area contributed by atoms with Crippen molar-refractivity contribution in [3.05, 3.63) is 66.0 Å². The molecule has 6 nitrogen and oxygen atoms in total. The Morgan fingerprint density at radius 1 is 1.10 bits per heavy atom. The molecule has 1 saturated heterocycles. The topological polar surface area (TPSA) is 69.7 Å². The van der Waals surface area contributed by atoms with Crippen LogP contribution in [-0.4, -0.2) is 36.3 Å². The monoisotopic (exact) mass is 397 g/mol. The molecule has 1 fully saturated rings. The average molecular weight is 397 g/mol. The maximum absolute atomic E-state index is 13.4. The van der Waals surface area contributed by atoms with Crippen LogP contribution >= 0.6 is 0 Å². The number of imide groups is 1. The molecule has 2 aromatic rings. The van der Waals surface area contributed by atoms with Crippen molar-refractivity contribution in [2.24, 2.45) is 0 Å². The molecule has 4 amide bonds. The standard InChI is InChI=1S/C22H24FN3O3/c1-3-4-14-22(16-10-12-17(23)13-11-16)20(28)26(21(29)24-22)15-19(27)25(2)18-8-6-5-7-9-18/h5-13H,3-4,14-15H2,1-2H3,(H,24,29)/t22-/m1/s1. The van der Waals surface area contributed by atoms with Crippen LogP contribution in [0.1, 0.15) is 31.7 Å². The number of nitrogens with one attached hydrogen (secondary N) is 1. The summed E-state index contributed by atoms with van der Waals surface area (Å²) in [5, 5.41) is 2.77. The fraction of sp³-hybridized carbons (Fsp3) is 0.318. The average Bonchev–Trinajstić information content (AvgIpc) is 2.97. The lowest BCUT2D eigenvalue weighted by Gasteiger charge is -2.27. The van der Waals surface area contributed by atoms with Gasteiger partial charge in [-0.25, -0.2) is 9.18 Å². The largest absolute Gasteiger partial charge is 0.325 e. The van der Waals surface area contributed by atoms with Gasteiger partial charge in [-0.3, -0.25) is 14.5 Å². The van der Waals surface area contributed by atoms with Crippen LogP contribution in [0.15, 0.2) is 54.6 Å². The lowest BCUT2D eigenvalue weighted by atomic mass is 9.85. The molecule has 1 heterocycles. The van der Waals surface area contributed by atoms with E-state index in [2.05, 4.69) is 5.32 Å². The van der Waals surface area contributed by atoms with Gasteiger partial charge in [-0.05, 0) is 36.2 Å². The van der Waals surface area contributed by atoms with Gasteiger partial charge in [0.15, 0.2) is 0 Å². The molecular weight excluding hydrogens is 373 g/mol. The van der Waals surface area contributed by atoms with E-state index in [1.807, 2.05) is 13.0 Å². The summed E-state index contributed by atoms with van der Waals surface area (Å²) in [6, 6.07) is 13.9. The number of carbonyl (C=O) groups excluding carboxylic acids is 3. The smallest absolute Gasteiger partial charge is 0.319 e. The molecule has 7 heteroatoms. The predicted octanol–water partition coefficient (Wildman–Crippen LogP) is 3.43. The summed E-state index contributed by atoms with van der Waals surface area (Å²) in [4.78, 5) is 41.0. The maximum atomic E-state index is 13.4. The summed E-state index contributed by atoms with van der Waals surface area (Å²) in [7, 11) is 1.60. The van der Waals surface area contributed by atoms with Gasteiger partial charge in [0.05, 0.1) is 0 Å². The number of benzene rings is 2. The maximum Gasteiger partial charge on any atom is 0.325 e. The zero-order valence-corrected chi connectivity index (χ0v) is 16.5. The van der Waals surface area contributed by atoms with E-state index in [4.69, 9.17) is 0 Å². The molecule has 29 heavy (non-hydrogen) atoms. The van der Waals surface area contributed by atoms with Crippen LogP contribution in [0.3, 0.4) is 0 Å². The minimum Gasteiger partial charge on any atom is -0.319 e. The van der Waals surface area contributed by atoms with Crippen LogP contribution in [0.2, 0.25) is 0 Å². The van der Waals surface area contributed by atoms with E-state index >= 15 is 0 Å². The summed E-state index contributed by atoms with van der Waals surface area (Å²) in [5.74, 6) is -1.30. The van der Waals surface area contributed by atoms with Gasteiger partial charge in [0, 0.05) is 12.7 Å². The third-order valence-electron chi connectivity index (χ3n) is 5.23. The number of likely N-dealkylation sites (N-methyl/N-ethyl adjacent to an activating group) is 1. The second kappa shape index (κ2) is 8.43. The Morgan fingerprint density at radius 2 is 1.76 bits per heavy atom. The first-order chi connectivity index (χ1) is 13.9. The molecule has 0 aromatic heterocycles. The number of unbranched alkanes of at least 4 members (excludes halogenated alkanes) is 1. The van der Waals surface area contributed by atoms with Crippen LogP contribution in [0.25, 0.3) is 0 Å². The van der Waals surface area contributed by atoms with E-state index in [9.17, 15) is 18.8 Å². The van der Waals surface area contributed by atoms with Gasteiger partial charge in [0.25, 0.3) is 5.91 Å². The van der Waals surface area contributed by atoms with Crippen molar-refractivity contribution in [3.8, 4) is 0 Å². The van der Waals surface area contributed by atoms with Crippen molar-refractivity contribution in [1.29, 1.82) is 0 Å². The summed E-state index contributed by atoms with van der Waals surface area (Å²) >= 11 is 0. The van der Waals surface area contributed by atoms with Crippen LogP contribution < -0.4 is 10.2 Å². The summed E-state index contributed by atoms with van der Waals surface area (Å²) in [6.07, 6.45) is 1.88. The Balaban J connectivity index is 1.85. The summed E-state index contributed by atoms with van der Waals surface area (Å²) in [5.41, 5.74) is -0.107. The number of anilines is 1. The van der Waals surface area contributed by atoms with E-state index in [0.717, 1.165) is 11.3 Å². The Morgan fingerprint density at radius 3 is 2.38 bits per heavy atom. The Kier molecular flexibility index (Phi) is 5.96. The molecule has 1 atom stereocenters. The number of carbonyl (C=O) groups is 3. The fourth-order valence-corrected chi connectivity index (χ4v) is 3.49. The van der Waals surface area contributed by atoms with Gasteiger partial charge in [-0.15, -0.1) is 0 Å². The van der Waals surface area contributed by atoms with Gasteiger partial charge < -0.3 is 10.2 Å². The number of halogens is 1. The van der Waals surface area contributed by atoms with Crippen molar-refractivity contribution in [2.75, 3.05) is 18.5 Å². The van der Waals surface area contributed by atoms with E-state index in [1.54, 1.807) is 31.3 Å². The van der Waals surface area contributed by atoms with Gasteiger partial charge >= 0.3 is 6.03 Å². The minimum absolute atomic E-state index is 0.370. The molecule has 1 N–H and O–H groups in total. The highest BCUT2D eigenvalue weighted by atomic mass is 19.1. The first-order valence-electron chi connectivity index (χ1n) is 9.61. The zero-order valence-electron chi connectivity index (χ0n) is 16.5. The molecule has 152 valence electrons. The van der Waals surface area contributed by atoms with E-state index < -0.39 is 23.3 Å². The third-order valence-corrected chi connectivity index (χ3v) is 5.23. The first kappa shape index (κ1) is 20.5. The number of rotatable bonds is 7. The van der Waals surface area contributed by atoms with Gasteiger partial charge in [-0.1, -0.05) is 50.1 Å². The molecule has 0 unspecified atom stereocenters. The molecule has 0 saturated carbocycles. The Bertz CT molecular complexity index is 901. The second-order valence-corrected chi connectivity index (χ2v) is 7.13. The third kappa shape index (κ3) is 3.99. The number of hydrogen-bond acceptors (Lipinski definition) is 3. The normalized spacial score (nSPS) is 18.7. The molecule has 2 aromatic carbocycles. The number of para-hydroxylation sites is 1. The van der Waals surface area contributed by atoms with Gasteiger partial charge in [0.2, 0.25) is 5.91 Å². The molecule has 0 aliphatic carbocycles. The zero-order chi connectivity index (χ0) is 21.0. The summed E-state index contributed by atoms with van der Waals surface area (Å²) in [6.45, 7) is 1.61. The van der Waals surface area contributed by atoms with Crippen molar-refractivity contribution < 1.29 is 18.8 Å². The molecule has 0 spiro atoms. The van der Waals surface area contributed by atoms with Crippen molar-refractivity contribution >= 4 is 23.5 Å². The second-order valence-electron chi connectivity index (χ2n) is 7.13. The summed E-state index contributed by atoms with van der Waals surface area (Å²) < 4.78 is 13.4. The molecule has 1 aliphatic rings. The number of nitrogens with zero attached hydrogens (tertiary/aromatic N) is 2. The van der Waals surface area contributed by atoms with Crippen molar-refractivity contribution in [3.63, 3.8) is 0 Å². The van der Waals surface area contributed by atoms with E-state index in [-0.39, 0.29) is 12.5 Å². The molecule has 0 bridgehead atoms. The molecule has 3 rings (SSSR count). The van der Waals surface area contributed by atoms with Crippen molar-refractivity contribution in [2.45, 2.75) is 31.7 Å². The van der Waals surface area contributed by atoms with Crippen LogP contribution in [0.4, 0.5) is 14.9 Å². The molecule has 1 aliphatic heterocycles. The number of hydrogen-bond donors (Lipinski definition) is 1. The first-order valence-corrected chi connectivity index (χ1v) is 9.61. The fourth-order valence-electron chi connectivity index (χ4n) is 3.49. The van der Waals surface area contributed by atoms with Gasteiger partial charge in [-0.2, -0.15) is 0 Å². The number of urea groups is 1. The minimum atomic E-state index is -1.29. The van der Waals surface area contributed by atoms with Crippen LogP contribution in [0, 0.1) is 5.82 Å². The van der Waals surface area contributed by atoms with E-state index in [0.29, 0.717) is 24.1 Å². The highest BCUT2D eigenvalue weighted by Gasteiger charge is 2.52. The lowest BCUT2D eigenvalue weighted by molar-refractivity contribution is -0.134. The Hall–Kier alpha value is -3.22. The van der Waals surface area contributed by atoms with Gasteiger partial charge in [0.1, 0.15) is 17.9 Å². The number of amides is 4. The highest BCUT2D eigenvalue weighted by Crippen LogP contribution is 2.34. The van der Waals surface area contributed by atoms with Crippen LogP contribution in [-0.2, 0) is 15.1 Å². The SMILES string of the molecule is CCCC[C@]1(c2ccc(F)cc2)NC(=O)N(CC(=O)N(C)c2ccccc2)C1=O. The molecule has 0 radical (unpaired) electrons. The van der Waals surface area contributed by atoms with Crippen molar-refractivity contribution in [1.82, 2.24) is 10.2 Å². The van der Waals surface area contributed by atoms with Crippen LogP contribution in [0.5, 0.6) is 0 Å². The molecular formula is C22H24FN3O3. The Labute approximate surface area is 169 Å². The quantitative estimate of drug-likeness (QED) is 0.728. The lowest BCUT2D eigenvalue weighted by Crippen LogP contribution is -2.45.